The number of nitrogens with two attached hydrogens (primary N) is 1. The zero-order chi connectivity index (χ0) is 19.7. The molecule has 0 radical (unpaired) electrons. The van der Waals surface area contributed by atoms with E-state index in [9.17, 15) is 23.3 Å². The Morgan fingerprint density at radius 2 is 2.04 bits per heavy atom. The highest BCUT2D eigenvalue weighted by Crippen LogP contribution is 2.35. The highest BCUT2D eigenvalue weighted by atomic mass is 19.2. The van der Waals surface area contributed by atoms with Gasteiger partial charge in [0.05, 0.1) is 11.0 Å². The van der Waals surface area contributed by atoms with Gasteiger partial charge in [-0.05, 0) is 30.7 Å². The van der Waals surface area contributed by atoms with Gasteiger partial charge < -0.3 is 11.1 Å². The van der Waals surface area contributed by atoms with E-state index in [1.807, 2.05) is 11.8 Å². The van der Waals surface area contributed by atoms with E-state index < -0.39 is 34.1 Å². The predicted octanol–water partition coefficient (Wildman–Crippen LogP) is 2.63. The summed E-state index contributed by atoms with van der Waals surface area (Å²) in [5.74, 6) is -4.27. The molecule has 2 atom stereocenters. The fourth-order valence-corrected chi connectivity index (χ4v) is 3.32. The first-order chi connectivity index (χ1) is 12.8. The fourth-order valence-electron chi connectivity index (χ4n) is 3.32. The Bertz CT molecular complexity index is 858. The van der Waals surface area contributed by atoms with E-state index in [1.165, 1.54) is 0 Å². The molecule has 0 aliphatic carbocycles. The van der Waals surface area contributed by atoms with Crippen LogP contribution in [0.4, 0.5) is 30.6 Å². The number of rotatable bonds is 5. The molecule has 1 aliphatic heterocycles. The summed E-state index contributed by atoms with van der Waals surface area (Å²) in [6, 6.07) is 1.13. The topological polar surface area (TPSA) is 110 Å². The second-order valence-corrected chi connectivity index (χ2v) is 6.13. The number of anilines is 2. The van der Waals surface area contributed by atoms with Crippen LogP contribution in [0.5, 0.6) is 0 Å². The lowest BCUT2D eigenvalue weighted by Crippen LogP contribution is -2.32. The van der Waals surface area contributed by atoms with E-state index in [4.69, 9.17) is 5.73 Å². The summed E-state index contributed by atoms with van der Waals surface area (Å²) in [6.45, 7) is 3.13. The number of nitrogens with zero attached hydrogens (tertiary/aromatic N) is 4. The van der Waals surface area contributed by atoms with Gasteiger partial charge >= 0.3 is 5.69 Å². The van der Waals surface area contributed by atoms with Crippen molar-refractivity contribution in [2.75, 3.05) is 24.1 Å². The molecule has 27 heavy (non-hydrogen) atoms. The van der Waals surface area contributed by atoms with Gasteiger partial charge in [-0.25, -0.2) is 18.2 Å². The lowest BCUT2D eigenvalue weighted by atomic mass is 9.99. The van der Waals surface area contributed by atoms with Crippen LogP contribution in [0.3, 0.4) is 0 Å². The molecule has 0 bridgehead atoms. The van der Waals surface area contributed by atoms with E-state index in [0.717, 1.165) is 18.3 Å². The molecular weight excluding hydrogens is 365 g/mol. The van der Waals surface area contributed by atoms with Crippen molar-refractivity contribution in [2.45, 2.75) is 25.4 Å². The summed E-state index contributed by atoms with van der Waals surface area (Å²) < 4.78 is 40.7. The van der Waals surface area contributed by atoms with Crippen molar-refractivity contribution >= 4 is 17.5 Å². The first kappa shape index (κ1) is 18.8. The van der Waals surface area contributed by atoms with Gasteiger partial charge in [0, 0.05) is 12.6 Å². The normalized spacial score (nSPS) is 20.0. The summed E-state index contributed by atoms with van der Waals surface area (Å²) >= 11 is 0. The van der Waals surface area contributed by atoms with Gasteiger partial charge in [0.15, 0.2) is 17.5 Å². The standard InChI is InChI=1S/C16H17F3N6O2/c1-2-24-4-3-11(14(24)8-5-9(17)13(19)10(18)6-8)22-16-21-7-12(25(26)27)15(20)23-16/h5-7,11,14H,2-4H2,1H3,(H3,20,21,22,23). The van der Waals surface area contributed by atoms with Crippen LogP contribution in [0.15, 0.2) is 18.3 Å². The Hall–Kier alpha value is -2.95. The molecule has 2 heterocycles. The third-order valence-electron chi connectivity index (χ3n) is 4.56. The van der Waals surface area contributed by atoms with Crippen LogP contribution in [0.1, 0.15) is 24.9 Å². The van der Waals surface area contributed by atoms with Crippen molar-refractivity contribution in [1.82, 2.24) is 14.9 Å². The van der Waals surface area contributed by atoms with E-state index in [1.54, 1.807) is 0 Å². The van der Waals surface area contributed by atoms with Crippen LogP contribution < -0.4 is 11.1 Å². The number of likely N-dealkylation sites (tertiary alicyclic amines) is 1. The van der Waals surface area contributed by atoms with Gasteiger partial charge in [-0.3, -0.25) is 15.0 Å². The van der Waals surface area contributed by atoms with Gasteiger partial charge in [-0.2, -0.15) is 4.98 Å². The molecule has 1 aliphatic rings. The summed E-state index contributed by atoms with van der Waals surface area (Å²) in [5.41, 5.74) is 5.43. The molecule has 1 aromatic carbocycles. The molecular formula is C16H17F3N6O2. The van der Waals surface area contributed by atoms with Crippen LogP contribution in [-0.2, 0) is 0 Å². The molecule has 1 fully saturated rings. The fraction of sp³-hybridized carbons (Fsp3) is 0.375. The van der Waals surface area contributed by atoms with Gasteiger partial charge in [0.1, 0.15) is 6.20 Å². The number of nitro groups is 1. The third-order valence-corrected chi connectivity index (χ3v) is 4.56. The number of hydrogen-bond donors (Lipinski definition) is 2. The maximum atomic E-state index is 13.7. The molecule has 0 spiro atoms. The Morgan fingerprint density at radius 1 is 1.37 bits per heavy atom. The molecule has 2 aromatic rings. The van der Waals surface area contributed by atoms with Gasteiger partial charge in [0.25, 0.3) is 0 Å². The van der Waals surface area contributed by atoms with Crippen molar-refractivity contribution in [3.63, 3.8) is 0 Å². The highest BCUT2D eigenvalue weighted by molar-refractivity contribution is 5.53. The largest absolute Gasteiger partial charge is 0.378 e. The molecule has 0 saturated carbocycles. The number of aromatic nitrogens is 2. The Morgan fingerprint density at radius 3 is 2.59 bits per heavy atom. The molecule has 8 nitrogen and oxygen atoms in total. The van der Waals surface area contributed by atoms with Crippen molar-refractivity contribution in [1.29, 1.82) is 0 Å². The Kier molecular flexibility index (Phi) is 5.13. The third kappa shape index (κ3) is 3.63. The molecule has 11 heteroatoms. The summed E-state index contributed by atoms with van der Waals surface area (Å²) in [7, 11) is 0. The number of nitrogens with one attached hydrogen (secondary N) is 1. The number of nitrogen functional groups attached to an aromatic ring is 1. The van der Waals surface area contributed by atoms with Gasteiger partial charge in [-0.15, -0.1) is 0 Å². The summed E-state index contributed by atoms with van der Waals surface area (Å²) in [6.07, 6.45) is 1.59. The molecule has 2 unspecified atom stereocenters. The number of hydrogen-bond acceptors (Lipinski definition) is 7. The molecule has 1 aromatic heterocycles. The smallest absolute Gasteiger partial charge is 0.329 e. The average molecular weight is 382 g/mol. The molecule has 1 saturated heterocycles. The van der Waals surface area contributed by atoms with Crippen LogP contribution in [-0.4, -0.2) is 38.9 Å². The maximum Gasteiger partial charge on any atom is 0.329 e. The number of likely N-dealkylation sites (N-methyl/N-ethyl adjacent to an activating group) is 1. The molecule has 3 N–H and O–H groups in total. The van der Waals surface area contributed by atoms with E-state index in [0.29, 0.717) is 19.5 Å². The van der Waals surface area contributed by atoms with Crippen molar-refractivity contribution in [3.05, 3.63) is 51.5 Å². The van der Waals surface area contributed by atoms with E-state index in [2.05, 4.69) is 15.3 Å². The Balaban J connectivity index is 1.90. The predicted molar refractivity (Wildman–Crippen MR) is 91.4 cm³/mol. The van der Waals surface area contributed by atoms with Crippen molar-refractivity contribution in [2.24, 2.45) is 0 Å². The van der Waals surface area contributed by atoms with Crippen molar-refractivity contribution < 1.29 is 18.1 Å². The SMILES string of the molecule is CCN1CCC(Nc2ncc([N+](=O)[O-])c(N)n2)C1c1cc(F)c(F)c(F)c1. The van der Waals surface area contributed by atoms with E-state index in [-0.39, 0.29) is 23.4 Å². The quantitative estimate of drug-likeness (QED) is 0.465. The van der Waals surface area contributed by atoms with Crippen LogP contribution in [0.2, 0.25) is 0 Å². The molecule has 144 valence electrons. The minimum absolute atomic E-state index is 0.0640. The minimum Gasteiger partial charge on any atom is -0.378 e. The lowest BCUT2D eigenvalue weighted by molar-refractivity contribution is -0.384. The second kappa shape index (κ2) is 7.35. The molecule has 0 amide bonds. The first-order valence-electron chi connectivity index (χ1n) is 8.23. The maximum absolute atomic E-state index is 13.7. The van der Waals surface area contributed by atoms with Crippen LogP contribution in [0.25, 0.3) is 0 Å². The van der Waals surface area contributed by atoms with Crippen molar-refractivity contribution in [3.8, 4) is 0 Å². The summed E-state index contributed by atoms with van der Waals surface area (Å²) in [4.78, 5) is 19.8. The van der Waals surface area contributed by atoms with Crippen LogP contribution in [0, 0.1) is 27.6 Å². The van der Waals surface area contributed by atoms with E-state index >= 15 is 0 Å². The van der Waals surface area contributed by atoms with Gasteiger partial charge in [0.2, 0.25) is 11.8 Å². The number of benzene rings is 1. The number of halogens is 3. The average Bonchev–Trinajstić information content (AvgIpc) is 3.01. The minimum atomic E-state index is -1.52. The molecule has 3 rings (SSSR count). The summed E-state index contributed by atoms with van der Waals surface area (Å²) in [5, 5.41) is 13.8. The monoisotopic (exact) mass is 382 g/mol. The Labute approximate surface area is 152 Å². The van der Waals surface area contributed by atoms with Gasteiger partial charge in [-0.1, -0.05) is 6.92 Å². The zero-order valence-electron chi connectivity index (χ0n) is 14.3. The zero-order valence-corrected chi connectivity index (χ0v) is 14.3. The highest BCUT2D eigenvalue weighted by Gasteiger charge is 2.36. The van der Waals surface area contributed by atoms with Crippen LogP contribution >= 0.6 is 0 Å². The lowest BCUT2D eigenvalue weighted by Gasteiger charge is -2.28. The second-order valence-electron chi connectivity index (χ2n) is 6.13. The first-order valence-corrected chi connectivity index (χ1v) is 8.23.